The Balaban J connectivity index is 1.98. The first kappa shape index (κ1) is 14.4. The molecular weight excluding hydrogens is 258 g/mol. The van der Waals surface area contributed by atoms with Gasteiger partial charge in [-0.05, 0) is 38.5 Å². The lowest BCUT2D eigenvalue weighted by Gasteiger charge is -2.19. The van der Waals surface area contributed by atoms with Gasteiger partial charge in [0.25, 0.3) is 0 Å². The van der Waals surface area contributed by atoms with E-state index in [9.17, 15) is 9.59 Å². The minimum Gasteiger partial charge on any atom is -0.465 e. The third-order valence-electron chi connectivity index (χ3n) is 2.96. The Morgan fingerprint density at radius 3 is 2.30 bits per heavy atom. The first-order valence-electron chi connectivity index (χ1n) is 6.50. The topological polar surface area (TPSA) is 55.6 Å². The van der Waals surface area contributed by atoms with Crippen LogP contribution >= 0.6 is 0 Å². The number of benzene rings is 1. The predicted molar refractivity (Wildman–Crippen MR) is 73.5 cm³/mol. The summed E-state index contributed by atoms with van der Waals surface area (Å²) in [6.07, 6.45) is -0.306. The fraction of sp³-hybridized carbons (Fsp3) is 0.467. The molecule has 0 aliphatic carbocycles. The second kappa shape index (κ2) is 5.15. The van der Waals surface area contributed by atoms with Crippen molar-refractivity contribution >= 4 is 12.1 Å². The molecule has 0 bridgehead atoms. The number of hydrogen-bond acceptors (Lipinski definition) is 4. The average Bonchev–Trinajstić information content (AvgIpc) is 3.16. The van der Waals surface area contributed by atoms with Crippen LogP contribution in [0.15, 0.2) is 24.3 Å². The average molecular weight is 277 g/mol. The maximum Gasteiger partial charge on any atom is 0.410 e. The normalized spacial score (nSPS) is 17.6. The van der Waals surface area contributed by atoms with E-state index >= 15 is 0 Å². The van der Waals surface area contributed by atoms with Gasteiger partial charge in [-0.2, -0.15) is 0 Å². The van der Waals surface area contributed by atoms with Crippen molar-refractivity contribution in [2.45, 2.75) is 32.4 Å². The largest absolute Gasteiger partial charge is 0.465 e. The van der Waals surface area contributed by atoms with Crippen molar-refractivity contribution in [2.75, 3.05) is 13.7 Å². The Morgan fingerprint density at radius 1 is 1.20 bits per heavy atom. The maximum atomic E-state index is 11.9. The van der Waals surface area contributed by atoms with Crippen LogP contribution in [0.5, 0.6) is 0 Å². The molecule has 0 spiro atoms. The molecular formula is C15H19NO4. The van der Waals surface area contributed by atoms with Gasteiger partial charge in [-0.15, -0.1) is 0 Å². The van der Waals surface area contributed by atoms with E-state index in [1.54, 1.807) is 17.0 Å². The molecule has 1 aliphatic heterocycles. The van der Waals surface area contributed by atoms with E-state index in [1.807, 2.05) is 32.9 Å². The zero-order valence-electron chi connectivity index (χ0n) is 12.2. The molecule has 5 nitrogen and oxygen atoms in total. The number of esters is 1. The number of hydrogen-bond donors (Lipinski definition) is 0. The highest BCUT2D eigenvalue weighted by Gasteiger charge is 2.42. The third kappa shape index (κ3) is 3.29. The highest BCUT2D eigenvalue weighted by molar-refractivity contribution is 5.89. The molecule has 1 heterocycles. The van der Waals surface area contributed by atoms with Crippen LogP contribution in [0.3, 0.4) is 0 Å². The molecule has 1 aromatic rings. The van der Waals surface area contributed by atoms with E-state index in [0.717, 1.165) is 5.56 Å². The summed E-state index contributed by atoms with van der Waals surface area (Å²) < 4.78 is 9.95. The van der Waals surface area contributed by atoms with Gasteiger partial charge in [-0.1, -0.05) is 12.1 Å². The SMILES string of the molecule is COC(=O)c1ccc([C@@H]2CN2C(=O)OC(C)(C)C)cc1. The van der Waals surface area contributed by atoms with Gasteiger partial charge in [0.15, 0.2) is 0 Å². The Hall–Kier alpha value is -2.04. The van der Waals surface area contributed by atoms with Gasteiger partial charge in [0.1, 0.15) is 5.60 Å². The second-order valence-corrected chi connectivity index (χ2v) is 5.76. The highest BCUT2D eigenvalue weighted by atomic mass is 16.6. The summed E-state index contributed by atoms with van der Waals surface area (Å²) in [5.41, 5.74) is 1.00. The summed E-state index contributed by atoms with van der Waals surface area (Å²) in [6.45, 7) is 6.17. The lowest BCUT2D eigenvalue weighted by molar-refractivity contribution is 0.0406. The minimum absolute atomic E-state index is 0.0385. The van der Waals surface area contributed by atoms with Crippen LogP contribution in [-0.2, 0) is 9.47 Å². The van der Waals surface area contributed by atoms with Gasteiger partial charge >= 0.3 is 12.1 Å². The Labute approximate surface area is 118 Å². The molecule has 1 saturated heterocycles. The molecule has 0 saturated carbocycles. The summed E-state index contributed by atoms with van der Waals surface area (Å²) in [5, 5.41) is 0. The lowest BCUT2D eigenvalue weighted by atomic mass is 10.1. The predicted octanol–water partition coefficient (Wildman–Crippen LogP) is 2.77. The molecule has 108 valence electrons. The van der Waals surface area contributed by atoms with Crippen molar-refractivity contribution in [3.05, 3.63) is 35.4 Å². The highest BCUT2D eigenvalue weighted by Crippen LogP contribution is 2.36. The molecule has 5 heteroatoms. The fourth-order valence-corrected chi connectivity index (χ4v) is 1.91. The van der Waals surface area contributed by atoms with Crippen LogP contribution in [0.2, 0.25) is 0 Å². The first-order chi connectivity index (χ1) is 9.31. The van der Waals surface area contributed by atoms with Gasteiger partial charge < -0.3 is 9.47 Å². The molecule has 1 fully saturated rings. The van der Waals surface area contributed by atoms with Crippen LogP contribution in [0.25, 0.3) is 0 Å². The van der Waals surface area contributed by atoms with Crippen LogP contribution in [0.1, 0.15) is 42.7 Å². The van der Waals surface area contributed by atoms with E-state index < -0.39 is 5.60 Å². The third-order valence-corrected chi connectivity index (χ3v) is 2.96. The van der Waals surface area contributed by atoms with Crippen LogP contribution in [0.4, 0.5) is 4.79 Å². The van der Waals surface area contributed by atoms with Crippen molar-refractivity contribution in [2.24, 2.45) is 0 Å². The van der Waals surface area contributed by atoms with E-state index in [0.29, 0.717) is 12.1 Å². The van der Waals surface area contributed by atoms with Gasteiger partial charge in [0.2, 0.25) is 0 Å². The quantitative estimate of drug-likeness (QED) is 0.616. The Morgan fingerprint density at radius 2 is 1.80 bits per heavy atom. The summed E-state index contributed by atoms with van der Waals surface area (Å²) in [6, 6.07) is 7.11. The van der Waals surface area contributed by atoms with Crippen molar-refractivity contribution in [1.29, 1.82) is 0 Å². The van der Waals surface area contributed by atoms with E-state index in [1.165, 1.54) is 7.11 Å². The number of carbonyl (C=O) groups is 2. The molecule has 0 N–H and O–H groups in total. The van der Waals surface area contributed by atoms with Crippen molar-refractivity contribution < 1.29 is 19.1 Å². The molecule has 2 rings (SSSR count). The fourth-order valence-electron chi connectivity index (χ4n) is 1.91. The maximum absolute atomic E-state index is 11.9. The van der Waals surface area contributed by atoms with Crippen molar-refractivity contribution in [1.82, 2.24) is 4.90 Å². The van der Waals surface area contributed by atoms with Gasteiger partial charge in [-0.25, -0.2) is 9.59 Å². The Bertz CT molecular complexity index is 516. The number of nitrogens with zero attached hydrogens (tertiary/aromatic N) is 1. The molecule has 0 aromatic heterocycles. The molecule has 1 atom stereocenters. The number of carbonyl (C=O) groups excluding carboxylic acids is 2. The van der Waals surface area contributed by atoms with Gasteiger partial charge in [0.05, 0.1) is 18.7 Å². The summed E-state index contributed by atoms with van der Waals surface area (Å²) in [5.74, 6) is -0.364. The zero-order chi connectivity index (χ0) is 14.9. The summed E-state index contributed by atoms with van der Waals surface area (Å²) >= 11 is 0. The molecule has 20 heavy (non-hydrogen) atoms. The van der Waals surface area contributed by atoms with Crippen molar-refractivity contribution in [3.8, 4) is 0 Å². The van der Waals surface area contributed by atoms with Gasteiger partial charge in [0, 0.05) is 6.54 Å². The number of amides is 1. The standard InChI is InChI=1S/C15H19NO4/c1-15(2,3)20-14(18)16-9-12(16)10-5-7-11(8-6-10)13(17)19-4/h5-8,12H,9H2,1-4H3/t12-,16?/m0/s1. The summed E-state index contributed by atoms with van der Waals surface area (Å²) in [4.78, 5) is 24.8. The monoisotopic (exact) mass is 277 g/mol. The van der Waals surface area contributed by atoms with Crippen LogP contribution < -0.4 is 0 Å². The molecule has 1 aliphatic rings. The van der Waals surface area contributed by atoms with Crippen molar-refractivity contribution in [3.63, 3.8) is 0 Å². The van der Waals surface area contributed by atoms with Crippen LogP contribution in [-0.4, -0.2) is 36.2 Å². The summed E-state index contributed by atoms with van der Waals surface area (Å²) in [7, 11) is 1.35. The van der Waals surface area contributed by atoms with Gasteiger partial charge in [-0.3, -0.25) is 4.90 Å². The lowest BCUT2D eigenvalue weighted by Crippen LogP contribution is -2.27. The zero-order valence-corrected chi connectivity index (χ0v) is 12.2. The second-order valence-electron chi connectivity index (χ2n) is 5.76. The van der Waals surface area contributed by atoms with Crippen LogP contribution in [0, 0.1) is 0 Å². The number of rotatable bonds is 2. The minimum atomic E-state index is -0.487. The molecule has 0 unspecified atom stereocenters. The number of methoxy groups -OCH3 is 1. The Kier molecular flexibility index (Phi) is 3.70. The molecule has 1 aromatic carbocycles. The van der Waals surface area contributed by atoms with E-state index in [2.05, 4.69) is 4.74 Å². The van der Waals surface area contributed by atoms with E-state index in [-0.39, 0.29) is 18.1 Å². The first-order valence-corrected chi connectivity index (χ1v) is 6.50. The van der Waals surface area contributed by atoms with E-state index in [4.69, 9.17) is 4.74 Å². The molecule has 1 amide bonds. The smallest absolute Gasteiger partial charge is 0.410 e. The molecule has 0 radical (unpaired) electrons. The number of ether oxygens (including phenoxy) is 2.